The van der Waals surface area contributed by atoms with Crippen LogP contribution in [-0.2, 0) is 19.5 Å². The molecule has 0 saturated carbocycles. The number of ether oxygens (including phenoxy) is 1. The summed E-state index contributed by atoms with van der Waals surface area (Å²) >= 11 is 6.13. The molecule has 0 fully saturated rings. The first-order chi connectivity index (χ1) is 10.5. The van der Waals surface area contributed by atoms with Gasteiger partial charge in [-0.3, -0.25) is 4.90 Å². The zero-order valence-electron chi connectivity index (χ0n) is 13.3. The molecule has 1 aromatic heterocycles. The lowest BCUT2D eigenvalue weighted by Crippen LogP contribution is -2.30. The first-order valence-electron chi connectivity index (χ1n) is 7.77. The summed E-state index contributed by atoms with van der Waals surface area (Å²) in [5.41, 5.74) is 3.41. The van der Waals surface area contributed by atoms with Crippen LogP contribution in [0.1, 0.15) is 36.6 Å². The number of halogens is 1. The van der Waals surface area contributed by atoms with Crippen LogP contribution in [0.2, 0.25) is 5.02 Å². The maximum atomic E-state index is 6.13. The topological polar surface area (TPSA) is 41.2 Å². The number of nitrogens with one attached hydrogen (secondary N) is 1. The van der Waals surface area contributed by atoms with E-state index in [1.807, 2.05) is 18.2 Å². The van der Waals surface area contributed by atoms with Gasteiger partial charge in [0, 0.05) is 42.3 Å². The maximum absolute atomic E-state index is 6.13. The van der Waals surface area contributed by atoms with E-state index in [9.17, 15) is 0 Å². The third-order valence-corrected chi connectivity index (χ3v) is 4.24. The van der Waals surface area contributed by atoms with Crippen LogP contribution in [0.3, 0.4) is 0 Å². The summed E-state index contributed by atoms with van der Waals surface area (Å²) in [6.45, 7) is 8.83. The Kier molecular flexibility index (Phi) is 4.41. The Hall–Kier alpha value is -1.52. The quantitative estimate of drug-likeness (QED) is 0.937. The third kappa shape index (κ3) is 3.28. The van der Waals surface area contributed by atoms with Crippen LogP contribution in [-0.4, -0.2) is 27.5 Å². The van der Waals surface area contributed by atoms with Crippen molar-refractivity contribution < 1.29 is 4.74 Å². The van der Waals surface area contributed by atoms with Crippen molar-refractivity contribution >= 4 is 11.6 Å². The average Bonchev–Trinajstić information content (AvgIpc) is 2.73. The van der Waals surface area contributed by atoms with Gasteiger partial charge in [-0.05, 0) is 32.0 Å². The molecular weight excluding hydrogens is 298 g/mol. The predicted octanol–water partition coefficient (Wildman–Crippen LogP) is 3.72. The highest BCUT2D eigenvalue weighted by atomic mass is 35.5. The third-order valence-electron chi connectivity index (χ3n) is 4.00. The van der Waals surface area contributed by atoms with Crippen LogP contribution in [0.15, 0.2) is 18.2 Å². The van der Waals surface area contributed by atoms with E-state index in [4.69, 9.17) is 16.3 Å². The number of hydrogen-bond donors (Lipinski definition) is 1. The second kappa shape index (κ2) is 6.31. The molecule has 2 aromatic rings. The number of imidazole rings is 1. The van der Waals surface area contributed by atoms with Gasteiger partial charge in [-0.15, -0.1) is 0 Å². The van der Waals surface area contributed by atoms with Gasteiger partial charge in [0.2, 0.25) is 0 Å². The number of aryl methyl sites for hydroxylation is 2. The Bertz CT molecular complexity index is 668. The SMILES string of the molecule is CCc1nc(CN2Cc3cc(Cl)ccc3OC(C)C2)c(C)[nH]1. The van der Waals surface area contributed by atoms with Crippen LogP contribution < -0.4 is 4.74 Å². The fourth-order valence-corrected chi connectivity index (χ4v) is 3.12. The molecule has 1 aliphatic rings. The number of fused-ring (bicyclic) bond motifs is 1. The molecule has 1 unspecified atom stereocenters. The molecule has 0 saturated heterocycles. The fraction of sp³-hybridized carbons (Fsp3) is 0.471. The Balaban J connectivity index is 1.83. The van der Waals surface area contributed by atoms with Crippen LogP contribution in [0, 0.1) is 6.92 Å². The molecule has 1 aliphatic heterocycles. The summed E-state index contributed by atoms with van der Waals surface area (Å²) in [7, 11) is 0. The lowest BCUT2D eigenvalue weighted by Gasteiger charge is -2.21. The van der Waals surface area contributed by atoms with E-state index in [2.05, 4.69) is 35.6 Å². The molecule has 3 rings (SSSR count). The minimum atomic E-state index is 0.146. The molecule has 1 atom stereocenters. The second-order valence-corrected chi connectivity index (χ2v) is 6.40. The lowest BCUT2D eigenvalue weighted by atomic mass is 10.2. The molecule has 0 amide bonds. The fourth-order valence-electron chi connectivity index (χ4n) is 2.93. The van der Waals surface area contributed by atoms with Crippen LogP contribution >= 0.6 is 11.6 Å². The number of aromatic nitrogens is 2. The molecule has 118 valence electrons. The van der Waals surface area contributed by atoms with Crippen molar-refractivity contribution in [1.29, 1.82) is 0 Å². The number of H-pyrrole nitrogens is 1. The maximum Gasteiger partial charge on any atom is 0.124 e. The molecular formula is C17H22ClN3O. The minimum absolute atomic E-state index is 0.146. The van der Waals surface area contributed by atoms with Crippen molar-refractivity contribution in [3.8, 4) is 5.75 Å². The number of rotatable bonds is 3. The Morgan fingerprint density at radius 3 is 3.00 bits per heavy atom. The van der Waals surface area contributed by atoms with Gasteiger partial charge in [0.05, 0.1) is 5.69 Å². The normalized spacial score (nSPS) is 18.6. The van der Waals surface area contributed by atoms with Crippen LogP contribution in [0.4, 0.5) is 0 Å². The van der Waals surface area contributed by atoms with Gasteiger partial charge in [-0.1, -0.05) is 18.5 Å². The van der Waals surface area contributed by atoms with E-state index in [0.29, 0.717) is 0 Å². The van der Waals surface area contributed by atoms with Crippen molar-refractivity contribution in [1.82, 2.24) is 14.9 Å². The monoisotopic (exact) mass is 319 g/mol. The van der Waals surface area contributed by atoms with Gasteiger partial charge in [-0.2, -0.15) is 0 Å². The number of benzene rings is 1. The van der Waals surface area contributed by atoms with Gasteiger partial charge in [-0.25, -0.2) is 4.98 Å². The molecule has 1 N–H and O–H groups in total. The Labute approximate surface area is 136 Å². The lowest BCUT2D eigenvalue weighted by molar-refractivity contribution is 0.155. The zero-order chi connectivity index (χ0) is 15.7. The molecule has 4 nitrogen and oxygen atoms in total. The first-order valence-corrected chi connectivity index (χ1v) is 8.14. The molecule has 2 heterocycles. The standard InChI is InChI=1S/C17H22ClN3O/c1-4-17-19-12(3)15(20-17)10-21-8-11(2)22-16-6-5-14(18)7-13(16)9-21/h5-7,11H,4,8-10H2,1-3H3,(H,19,20). The number of nitrogens with zero attached hydrogens (tertiary/aromatic N) is 2. The van der Waals surface area contributed by atoms with E-state index in [-0.39, 0.29) is 6.10 Å². The highest BCUT2D eigenvalue weighted by molar-refractivity contribution is 6.30. The smallest absolute Gasteiger partial charge is 0.124 e. The number of aromatic amines is 1. The Morgan fingerprint density at radius 2 is 2.27 bits per heavy atom. The summed E-state index contributed by atoms with van der Waals surface area (Å²) in [6, 6.07) is 5.84. The minimum Gasteiger partial charge on any atom is -0.489 e. The summed E-state index contributed by atoms with van der Waals surface area (Å²) in [6.07, 6.45) is 1.08. The van der Waals surface area contributed by atoms with E-state index < -0.39 is 0 Å². The van der Waals surface area contributed by atoms with Crippen molar-refractivity contribution in [3.05, 3.63) is 46.0 Å². The molecule has 0 spiro atoms. The van der Waals surface area contributed by atoms with Gasteiger partial charge < -0.3 is 9.72 Å². The highest BCUT2D eigenvalue weighted by Crippen LogP contribution is 2.28. The summed E-state index contributed by atoms with van der Waals surface area (Å²) in [4.78, 5) is 10.4. The van der Waals surface area contributed by atoms with Crippen LogP contribution in [0.25, 0.3) is 0 Å². The zero-order valence-corrected chi connectivity index (χ0v) is 14.1. The van der Waals surface area contributed by atoms with Gasteiger partial charge >= 0.3 is 0 Å². The highest BCUT2D eigenvalue weighted by Gasteiger charge is 2.21. The van der Waals surface area contributed by atoms with Gasteiger partial charge in [0.25, 0.3) is 0 Å². The second-order valence-electron chi connectivity index (χ2n) is 5.96. The van der Waals surface area contributed by atoms with Gasteiger partial charge in [0.1, 0.15) is 17.7 Å². The largest absolute Gasteiger partial charge is 0.489 e. The Morgan fingerprint density at radius 1 is 1.45 bits per heavy atom. The molecule has 22 heavy (non-hydrogen) atoms. The van der Waals surface area contributed by atoms with Crippen molar-refractivity contribution in [2.24, 2.45) is 0 Å². The molecule has 5 heteroatoms. The molecule has 0 bridgehead atoms. The van der Waals surface area contributed by atoms with Crippen molar-refractivity contribution in [2.45, 2.75) is 46.4 Å². The van der Waals surface area contributed by atoms with Gasteiger partial charge in [0.15, 0.2) is 0 Å². The van der Waals surface area contributed by atoms with Crippen molar-refractivity contribution in [2.75, 3.05) is 6.54 Å². The summed E-state index contributed by atoms with van der Waals surface area (Å²) in [5, 5.41) is 0.751. The molecule has 0 radical (unpaired) electrons. The van der Waals surface area contributed by atoms with E-state index in [0.717, 1.165) is 59.6 Å². The van der Waals surface area contributed by atoms with E-state index >= 15 is 0 Å². The predicted molar refractivity (Wildman–Crippen MR) is 88.4 cm³/mol. The van der Waals surface area contributed by atoms with Crippen LogP contribution in [0.5, 0.6) is 5.75 Å². The van der Waals surface area contributed by atoms with E-state index in [1.54, 1.807) is 0 Å². The van der Waals surface area contributed by atoms with Crippen molar-refractivity contribution in [3.63, 3.8) is 0 Å². The average molecular weight is 320 g/mol. The number of hydrogen-bond acceptors (Lipinski definition) is 3. The molecule has 0 aliphatic carbocycles. The van der Waals surface area contributed by atoms with E-state index in [1.165, 1.54) is 0 Å². The summed E-state index contributed by atoms with van der Waals surface area (Å²) < 4.78 is 6.01. The summed E-state index contributed by atoms with van der Waals surface area (Å²) in [5.74, 6) is 1.99. The first kappa shape index (κ1) is 15.4. The molecule has 1 aromatic carbocycles.